The van der Waals surface area contributed by atoms with Crippen LogP contribution >= 0.6 is 0 Å². The van der Waals surface area contributed by atoms with Crippen LogP contribution in [0.1, 0.15) is 39.3 Å². The van der Waals surface area contributed by atoms with E-state index in [0.717, 1.165) is 40.2 Å². The molecule has 192 valence electrons. The van der Waals surface area contributed by atoms with Gasteiger partial charge in [0, 0.05) is 31.7 Å². The fraction of sp³-hybridized carbons (Fsp3) is 0.333. The molecule has 2 aromatic heterocycles. The van der Waals surface area contributed by atoms with Crippen LogP contribution < -0.4 is 4.90 Å². The van der Waals surface area contributed by atoms with Gasteiger partial charge in [-0.1, -0.05) is 17.7 Å². The lowest BCUT2D eigenvalue weighted by Gasteiger charge is -2.23. The minimum Gasteiger partial charge on any atom is -0.354 e. The zero-order valence-corrected chi connectivity index (χ0v) is 20.9. The van der Waals surface area contributed by atoms with Gasteiger partial charge in [-0.05, 0) is 63.1 Å². The summed E-state index contributed by atoms with van der Waals surface area (Å²) >= 11 is 0. The molecule has 1 aliphatic rings. The smallest absolute Gasteiger partial charge is 0.354 e. The molecular weight excluding hydrogens is 481 g/mol. The SMILES string of the molecule is Cc1ccc(-n2ncc3c(N4CCCN(C(=O)c5ccc(C(F)(F)F)cc5)CC4)nc(C)nc32)c(C)c1. The summed E-state index contributed by atoms with van der Waals surface area (Å²) in [7, 11) is 0. The minimum absolute atomic E-state index is 0.247. The first kappa shape index (κ1) is 24.7. The molecule has 0 radical (unpaired) electrons. The normalized spacial score (nSPS) is 14.8. The van der Waals surface area contributed by atoms with Gasteiger partial charge in [-0.25, -0.2) is 14.6 Å². The Morgan fingerprint density at radius 2 is 1.68 bits per heavy atom. The van der Waals surface area contributed by atoms with Crippen LogP contribution in [-0.4, -0.2) is 56.7 Å². The number of halogens is 3. The monoisotopic (exact) mass is 508 g/mol. The third-order valence-electron chi connectivity index (χ3n) is 6.64. The number of carbonyl (C=O) groups excluding carboxylic acids is 1. The molecule has 10 heteroatoms. The number of rotatable bonds is 3. The van der Waals surface area contributed by atoms with Crippen LogP contribution in [0.5, 0.6) is 0 Å². The fourth-order valence-corrected chi connectivity index (χ4v) is 4.78. The van der Waals surface area contributed by atoms with Gasteiger partial charge in [0.05, 0.1) is 22.8 Å². The van der Waals surface area contributed by atoms with Crippen molar-refractivity contribution in [1.29, 1.82) is 0 Å². The Labute approximate surface area is 212 Å². The first-order valence-corrected chi connectivity index (χ1v) is 12.1. The number of benzene rings is 2. The molecule has 0 spiro atoms. The lowest BCUT2D eigenvalue weighted by molar-refractivity contribution is -0.137. The molecule has 0 aliphatic carbocycles. The first-order chi connectivity index (χ1) is 17.6. The summed E-state index contributed by atoms with van der Waals surface area (Å²) < 4.78 is 40.5. The van der Waals surface area contributed by atoms with Gasteiger partial charge in [-0.3, -0.25) is 4.79 Å². The summed E-state index contributed by atoms with van der Waals surface area (Å²) in [5.41, 5.74) is 3.41. The quantitative estimate of drug-likeness (QED) is 0.385. The van der Waals surface area contributed by atoms with Crippen molar-refractivity contribution in [3.8, 4) is 5.69 Å². The van der Waals surface area contributed by atoms with Gasteiger partial charge in [-0.2, -0.15) is 18.3 Å². The second kappa shape index (κ2) is 9.49. The fourth-order valence-electron chi connectivity index (χ4n) is 4.78. The predicted octanol–water partition coefficient (Wildman–Crippen LogP) is 5.11. The maximum absolute atomic E-state index is 13.0. The standard InChI is InChI=1S/C27H27F3N6O/c1-17-5-10-23(18(2)15-17)36-25-22(16-31-36)24(32-19(3)33-25)34-11-4-12-35(14-13-34)26(37)20-6-8-21(9-7-20)27(28,29)30/h5-10,15-16H,4,11-14H2,1-3H3. The molecule has 5 rings (SSSR count). The summed E-state index contributed by atoms with van der Waals surface area (Å²) in [6.45, 7) is 8.08. The van der Waals surface area contributed by atoms with Crippen LogP contribution in [0.2, 0.25) is 0 Å². The molecule has 0 bridgehead atoms. The Kier molecular flexibility index (Phi) is 6.35. The van der Waals surface area contributed by atoms with Crippen molar-refractivity contribution in [2.45, 2.75) is 33.4 Å². The van der Waals surface area contributed by atoms with Gasteiger partial charge in [0.2, 0.25) is 0 Å². The van der Waals surface area contributed by atoms with E-state index >= 15 is 0 Å². The van der Waals surface area contributed by atoms with E-state index in [4.69, 9.17) is 4.98 Å². The molecule has 2 aromatic carbocycles. The number of nitrogens with zero attached hydrogens (tertiary/aromatic N) is 6. The van der Waals surface area contributed by atoms with Gasteiger partial charge < -0.3 is 9.80 Å². The highest BCUT2D eigenvalue weighted by Crippen LogP contribution is 2.30. The molecule has 1 fully saturated rings. The second-order valence-electron chi connectivity index (χ2n) is 9.39. The molecule has 1 saturated heterocycles. The van der Waals surface area contributed by atoms with Gasteiger partial charge in [0.25, 0.3) is 5.91 Å². The second-order valence-corrected chi connectivity index (χ2v) is 9.39. The number of amides is 1. The van der Waals surface area contributed by atoms with E-state index in [2.05, 4.69) is 21.0 Å². The van der Waals surface area contributed by atoms with Crippen molar-refractivity contribution in [3.05, 3.63) is 76.7 Å². The van der Waals surface area contributed by atoms with Crippen molar-refractivity contribution in [2.75, 3.05) is 31.1 Å². The molecule has 1 aliphatic heterocycles. The van der Waals surface area contributed by atoms with Crippen LogP contribution in [0, 0.1) is 20.8 Å². The van der Waals surface area contributed by atoms with E-state index in [1.807, 2.05) is 37.6 Å². The summed E-state index contributed by atoms with van der Waals surface area (Å²) in [4.78, 5) is 26.2. The molecule has 3 heterocycles. The van der Waals surface area contributed by atoms with E-state index in [1.165, 1.54) is 17.7 Å². The lowest BCUT2D eigenvalue weighted by atomic mass is 10.1. The van der Waals surface area contributed by atoms with Gasteiger partial charge in [-0.15, -0.1) is 0 Å². The molecule has 0 atom stereocenters. The Bertz CT molecular complexity index is 1460. The van der Waals surface area contributed by atoms with Crippen LogP contribution in [0.15, 0.2) is 48.7 Å². The maximum atomic E-state index is 13.0. The number of hydrogen-bond donors (Lipinski definition) is 0. The summed E-state index contributed by atoms with van der Waals surface area (Å²) in [5, 5.41) is 5.45. The molecule has 0 N–H and O–H groups in total. The Balaban J connectivity index is 1.39. The van der Waals surface area contributed by atoms with Crippen LogP contribution in [0.4, 0.5) is 19.0 Å². The number of carbonyl (C=O) groups is 1. The van der Waals surface area contributed by atoms with E-state index in [1.54, 1.807) is 11.1 Å². The average Bonchev–Trinajstić information content (AvgIpc) is 3.11. The molecular formula is C27H27F3N6O. The van der Waals surface area contributed by atoms with Crippen molar-refractivity contribution < 1.29 is 18.0 Å². The molecule has 1 amide bonds. The highest BCUT2D eigenvalue weighted by molar-refractivity contribution is 5.94. The van der Waals surface area contributed by atoms with Crippen molar-refractivity contribution >= 4 is 22.8 Å². The number of aryl methyl sites for hydroxylation is 3. The van der Waals surface area contributed by atoms with E-state index in [0.29, 0.717) is 38.4 Å². The van der Waals surface area contributed by atoms with Crippen LogP contribution in [-0.2, 0) is 6.18 Å². The topological polar surface area (TPSA) is 67.2 Å². The summed E-state index contributed by atoms with van der Waals surface area (Å²) in [6, 6.07) is 10.6. The Morgan fingerprint density at radius 3 is 2.38 bits per heavy atom. The number of alkyl halides is 3. The largest absolute Gasteiger partial charge is 0.416 e. The highest BCUT2D eigenvalue weighted by Gasteiger charge is 2.31. The lowest BCUT2D eigenvalue weighted by Crippen LogP contribution is -2.35. The van der Waals surface area contributed by atoms with Gasteiger partial charge >= 0.3 is 6.18 Å². The van der Waals surface area contributed by atoms with Crippen LogP contribution in [0.25, 0.3) is 16.7 Å². The highest BCUT2D eigenvalue weighted by atomic mass is 19.4. The van der Waals surface area contributed by atoms with Crippen molar-refractivity contribution in [3.63, 3.8) is 0 Å². The average molecular weight is 509 g/mol. The van der Waals surface area contributed by atoms with Crippen molar-refractivity contribution in [1.82, 2.24) is 24.6 Å². The molecule has 0 saturated carbocycles. The molecule has 0 unspecified atom stereocenters. The number of anilines is 1. The Morgan fingerprint density at radius 1 is 0.919 bits per heavy atom. The van der Waals surface area contributed by atoms with E-state index < -0.39 is 11.7 Å². The van der Waals surface area contributed by atoms with E-state index in [9.17, 15) is 18.0 Å². The Hall–Kier alpha value is -3.95. The third kappa shape index (κ3) is 4.87. The molecule has 7 nitrogen and oxygen atoms in total. The van der Waals surface area contributed by atoms with Gasteiger partial charge in [0.15, 0.2) is 5.65 Å². The number of fused-ring (bicyclic) bond motifs is 1. The first-order valence-electron chi connectivity index (χ1n) is 12.1. The van der Waals surface area contributed by atoms with Gasteiger partial charge in [0.1, 0.15) is 11.6 Å². The van der Waals surface area contributed by atoms with Crippen molar-refractivity contribution in [2.24, 2.45) is 0 Å². The zero-order chi connectivity index (χ0) is 26.3. The summed E-state index contributed by atoms with van der Waals surface area (Å²) in [5.74, 6) is 1.11. The minimum atomic E-state index is -4.43. The third-order valence-corrected chi connectivity index (χ3v) is 6.64. The van der Waals surface area contributed by atoms with Crippen LogP contribution in [0.3, 0.4) is 0 Å². The predicted molar refractivity (Wildman–Crippen MR) is 135 cm³/mol. The number of aromatic nitrogens is 4. The summed E-state index contributed by atoms with van der Waals surface area (Å²) in [6.07, 6.45) is -1.96. The zero-order valence-electron chi connectivity index (χ0n) is 20.9. The maximum Gasteiger partial charge on any atom is 0.416 e. The molecule has 4 aromatic rings. The molecule has 37 heavy (non-hydrogen) atoms. The van der Waals surface area contributed by atoms with E-state index in [-0.39, 0.29) is 11.5 Å². The number of hydrogen-bond acceptors (Lipinski definition) is 5.